The topological polar surface area (TPSA) is 15.6 Å². The molecule has 1 rings (SSSR count). The summed E-state index contributed by atoms with van der Waals surface area (Å²) in [7, 11) is 3.75. The van der Waals surface area contributed by atoms with E-state index in [0.717, 1.165) is 5.56 Å². The second-order valence-corrected chi connectivity index (χ2v) is 3.93. The van der Waals surface area contributed by atoms with Crippen molar-refractivity contribution in [1.29, 1.82) is 0 Å². The van der Waals surface area contributed by atoms with Crippen LogP contribution in [0.5, 0.6) is 0 Å². The largest absolute Gasteiger partial charge is 0.303 e. The highest BCUT2D eigenvalue weighted by molar-refractivity contribution is 6.35. The zero-order valence-electron chi connectivity index (χ0n) is 8.17. The molecule has 0 amide bonds. The maximum atomic E-state index is 5.99. The van der Waals surface area contributed by atoms with Crippen LogP contribution in [0.2, 0.25) is 10.0 Å². The average Bonchev–Trinajstić information content (AvgIpc) is 2.08. The fraction of sp³-hybridized carbons (Fsp3) is 0.300. The predicted molar refractivity (Wildman–Crippen MR) is 62.3 cm³/mol. The Balaban J connectivity index is 2.68. The minimum Gasteiger partial charge on any atom is -0.303 e. The Morgan fingerprint density at radius 2 is 2.07 bits per heavy atom. The van der Waals surface area contributed by atoms with Crippen LogP contribution in [0, 0.1) is 0 Å². The van der Waals surface area contributed by atoms with E-state index in [1.165, 1.54) is 0 Å². The molecule has 76 valence electrons. The standard InChI is InChI=1S/C10H12Cl2N2/c1-14(2)13-6-5-8-3-4-9(11)7-10(8)12/h3-4,6-7H,5H2,1-2H3/b13-6+. The van der Waals surface area contributed by atoms with Gasteiger partial charge in [-0.15, -0.1) is 0 Å². The molecule has 1 aromatic carbocycles. The first-order valence-electron chi connectivity index (χ1n) is 4.23. The van der Waals surface area contributed by atoms with Gasteiger partial charge in [0.05, 0.1) is 0 Å². The SMILES string of the molecule is CN(C)/N=C/Cc1ccc(Cl)cc1Cl. The van der Waals surface area contributed by atoms with Gasteiger partial charge in [0, 0.05) is 36.8 Å². The van der Waals surface area contributed by atoms with Crippen LogP contribution in [0.25, 0.3) is 0 Å². The van der Waals surface area contributed by atoms with Gasteiger partial charge in [-0.3, -0.25) is 0 Å². The summed E-state index contributed by atoms with van der Waals surface area (Å²) in [5.41, 5.74) is 1.03. The number of halogens is 2. The summed E-state index contributed by atoms with van der Waals surface area (Å²) in [6, 6.07) is 5.47. The zero-order chi connectivity index (χ0) is 10.6. The molecule has 0 saturated carbocycles. The van der Waals surface area contributed by atoms with Crippen molar-refractivity contribution in [2.75, 3.05) is 14.1 Å². The first-order valence-corrected chi connectivity index (χ1v) is 4.99. The maximum Gasteiger partial charge on any atom is 0.0456 e. The van der Waals surface area contributed by atoms with Crippen molar-refractivity contribution < 1.29 is 0 Å². The van der Waals surface area contributed by atoms with Crippen LogP contribution in [-0.4, -0.2) is 25.3 Å². The molecule has 0 atom stereocenters. The van der Waals surface area contributed by atoms with Crippen molar-refractivity contribution in [2.45, 2.75) is 6.42 Å². The summed E-state index contributed by atoms with van der Waals surface area (Å²) in [4.78, 5) is 0. The molecule has 0 unspecified atom stereocenters. The highest BCUT2D eigenvalue weighted by atomic mass is 35.5. The van der Waals surface area contributed by atoms with E-state index in [1.54, 1.807) is 11.1 Å². The van der Waals surface area contributed by atoms with Crippen molar-refractivity contribution in [3.63, 3.8) is 0 Å². The van der Waals surface area contributed by atoms with Crippen LogP contribution in [0.4, 0.5) is 0 Å². The van der Waals surface area contributed by atoms with E-state index < -0.39 is 0 Å². The van der Waals surface area contributed by atoms with Crippen molar-refractivity contribution in [1.82, 2.24) is 5.01 Å². The lowest BCUT2D eigenvalue weighted by atomic mass is 10.2. The molecular formula is C10H12Cl2N2. The molecule has 0 aliphatic heterocycles. The molecule has 0 aliphatic rings. The predicted octanol–water partition coefficient (Wildman–Crippen LogP) is 3.08. The first kappa shape index (κ1) is 11.3. The molecule has 4 heteroatoms. The Kier molecular flexibility index (Phi) is 4.23. The summed E-state index contributed by atoms with van der Waals surface area (Å²) in [6.45, 7) is 0. The second-order valence-electron chi connectivity index (χ2n) is 3.09. The molecule has 0 spiro atoms. The molecular weight excluding hydrogens is 219 g/mol. The second kappa shape index (κ2) is 5.23. The molecule has 0 saturated heterocycles. The first-order chi connectivity index (χ1) is 6.59. The molecule has 0 aliphatic carbocycles. The minimum absolute atomic E-state index is 0.656. The van der Waals surface area contributed by atoms with Gasteiger partial charge < -0.3 is 5.01 Å². The number of hydrogen-bond donors (Lipinski definition) is 0. The molecule has 14 heavy (non-hydrogen) atoms. The highest BCUT2D eigenvalue weighted by Gasteiger charge is 1.98. The van der Waals surface area contributed by atoms with Gasteiger partial charge in [0.1, 0.15) is 0 Å². The zero-order valence-corrected chi connectivity index (χ0v) is 9.68. The number of rotatable bonds is 3. The lowest BCUT2D eigenvalue weighted by molar-refractivity contribution is 0.439. The number of hydrogen-bond acceptors (Lipinski definition) is 2. The van der Waals surface area contributed by atoms with Gasteiger partial charge in [0.2, 0.25) is 0 Å². The van der Waals surface area contributed by atoms with Crippen LogP contribution >= 0.6 is 23.2 Å². The smallest absolute Gasteiger partial charge is 0.0456 e. The lowest BCUT2D eigenvalue weighted by Gasteiger charge is -2.03. The molecule has 0 heterocycles. The summed E-state index contributed by atoms with van der Waals surface area (Å²) in [6.07, 6.45) is 2.53. The fourth-order valence-corrected chi connectivity index (χ4v) is 1.48. The third kappa shape index (κ3) is 3.56. The van der Waals surface area contributed by atoms with Crippen molar-refractivity contribution in [3.05, 3.63) is 33.8 Å². The van der Waals surface area contributed by atoms with E-state index in [2.05, 4.69) is 5.10 Å². The Morgan fingerprint density at radius 1 is 1.36 bits per heavy atom. The minimum atomic E-state index is 0.656. The number of benzene rings is 1. The molecule has 0 aromatic heterocycles. The monoisotopic (exact) mass is 230 g/mol. The van der Waals surface area contributed by atoms with Crippen LogP contribution in [-0.2, 0) is 6.42 Å². The number of hydrazone groups is 1. The normalized spacial score (nSPS) is 10.9. The molecule has 0 fully saturated rings. The van der Waals surface area contributed by atoms with E-state index >= 15 is 0 Å². The summed E-state index contributed by atoms with van der Waals surface area (Å²) < 4.78 is 0. The van der Waals surface area contributed by atoms with Crippen molar-refractivity contribution >= 4 is 29.4 Å². The quantitative estimate of drug-likeness (QED) is 0.576. The van der Waals surface area contributed by atoms with Crippen LogP contribution in [0.1, 0.15) is 5.56 Å². The third-order valence-electron chi connectivity index (χ3n) is 1.64. The van der Waals surface area contributed by atoms with E-state index in [0.29, 0.717) is 16.5 Å². The summed E-state index contributed by atoms with van der Waals surface area (Å²) >= 11 is 11.8. The van der Waals surface area contributed by atoms with Crippen LogP contribution in [0.3, 0.4) is 0 Å². The van der Waals surface area contributed by atoms with Crippen LogP contribution < -0.4 is 0 Å². The van der Waals surface area contributed by atoms with E-state index in [4.69, 9.17) is 23.2 Å². The van der Waals surface area contributed by atoms with E-state index in [1.807, 2.05) is 32.4 Å². The molecule has 2 nitrogen and oxygen atoms in total. The van der Waals surface area contributed by atoms with Gasteiger partial charge in [0.25, 0.3) is 0 Å². The summed E-state index contributed by atoms with van der Waals surface area (Å²) in [5.74, 6) is 0. The Bertz CT molecular complexity index is 335. The van der Waals surface area contributed by atoms with Crippen LogP contribution in [0.15, 0.2) is 23.3 Å². The van der Waals surface area contributed by atoms with E-state index in [9.17, 15) is 0 Å². The van der Waals surface area contributed by atoms with Gasteiger partial charge >= 0.3 is 0 Å². The average molecular weight is 231 g/mol. The molecule has 0 bridgehead atoms. The molecule has 0 radical (unpaired) electrons. The van der Waals surface area contributed by atoms with Gasteiger partial charge in [-0.05, 0) is 17.7 Å². The third-order valence-corrected chi connectivity index (χ3v) is 2.23. The van der Waals surface area contributed by atoms with Crippen molar-refractivity contribution in [3.8, 4) is 0 Å². The van der Waals surface area contributed by atoms with E-state index in [-0.39, 0.29) is 0 Å². The maximum absolute atomic E-state index is 5.99. The molecule has 0 N–H and O–H groups in total. The fourth-order valence-electron chi connectivity index (χ4n) is 0.990. The molecule has 1 aromatic rings. The van der Waals surface area contributed by atoms with Gasteiger partial charge in [0.15, 0.2) is 0 Å². The summed E-state index contributed by atoms with van der Waals surface area (Å²) in [5, 5.41) is 7.18. The van der Waals surface area contributed by atoms with Gasteiger partial charge in [-0.1, -0.05) is 29.3 Å². The Hall–Kier alpha value is -0.730. The highest BCUT2D eigenvalue weighted by Crippen LogP contribution is 2.20. The van der Waals surface area contributed by atoms with Crippen molar-refractivity contribution in [2.24, 2.45) is 5.10 Å². The lowest BCUT2D eigenvalue weighted by Crippen LogP contribution is -2.02. The van der Waals surface area contributed by atoms with Gasteiger partial charge in [-0.25, -0.2) is 0 Å². The Morgan fingerprint density at radius 3 is 2.64 bits per heavy atom. The Labute approximate surface area is 94.1 Å². The number of nitrogens with zero attached hydrogens (tertiary/aromatic N) is 2. The van der Waals surface area contributed by atoms with Gasteiger partial charge in [-0.2, -0.15) is 5.10 Å².